The average molecular weight is 584 g/mol. The van der Waals surface area contributed by atoms with Gasteiger partial charge in [0.2, 0.25) is 10.0 Å². The largest absolute Gasteiger partial charge is 0.465 e. The summed E-state index contributed by atoms with van der Waals surface area (Å²) in [5.41, 5.74) is 2.81. The first-order valence-corrected chi connectivity index (χ1v) is 15.5. The van der Waals surface area contributed by atoms with E-state index in [1.807, 2.05) is 32.0 Å². The molecule has 3 heterocycles. The number of benzene rings is 2. The van der Waals surface area contributed by atoms with Crippen LogP contribution >= 0.6 is 11.3 Å². The lowest BCUT2D eigenvalue weighted by molar-refractivity contribution is -0.0440. The van der Waals surface area contributed by atoms with Gasteiger partial charge in [-0.15, -0.1) is 11.3 Å². The van der Waals surface area contributed by atoms with Gasteiger partial charge in [0.05, 0.1) is 29.8 Å². The normalized spacial score (nSPS) is 20.1. The number of hydrogen-bond donors (Lipinski definition) is 1. The number of amides is 1. The van der Waals surface area contributed by atoms with Crippen molar-refractivity contribution in [2.45, 2.75) is 50.5 Å². The minimum atomic E-state index is -3.72. The molecule has 1 aromatic heterocycles. The van der Waals surface area contributed by atoms with Crippen molar-refractivity contribution in [1.82, 2.24) is 9.21 Å². The van der Waals surface area contributed by atoms with Gasteiger partial charge in [0.15, 0.2) is 0 Å². The summed E-state index contributed by atoms with van der Waals surface area (Å²) < 4.78 is 38.5. The molecule has 2 atom stereocenters. The van der Waals surface area contributed by atoms with Gasteiger partial charge >= 0.3 is 5.97 Å². The number of methoxy groups -OCH3 is 1. The molecule has 5 rings (SSSR count). The van der Waals surface area contributed by atoms with Crippen molar-refractivity contribution in [3.05, 3.63) is 81.7 Å². The summed E-state index contributed by atoms with van der Waals surface area (Å²) in [5.74, 6) is -0.915. The minimum absolute atomic E-state index is 0.116. The Bertz CT molecular complexity index is 1480. The molecule has 3 aromatic rings. The van der Waals surface area contributed by atoms with Crippen LogP contribution in [0.5, 0.6) is 0 Å². The molecule has 1 amide bonds. The standard InChI is InChI=1S/C29H33N3O6S2/c1-19-15-32(16-20(2)38-19)40(35,36)23-11-9-22(10-12-23)27(33)30-28-26(29(34)37-3)24-13-14-31(18-25(24)39-28)17-21-7-5-4-6-8-21/h4-12,19-20H,13-18H2,1-3H3,(H,30,33). The monoisotopic (exact) mass is 583 g/mol. The SMILES string of the molecule is COC(=O)c1c(NC(=O)c2ccc(S(=O)(=O)N3CC(C)OC(C)C3)cc2)sc2c1CCN(Cc1ccccc1)C2. The van der Waals surface area contributed by atoms with E-state index >= 15 is 0 Å². The predicted octanol–water partition coefficient (Wildman–Crippen LogP) is 4.14. The average Bonchev–Trinajstić information content (AvgIpc) is 3.29. The van der Waals surface area contributed by atoms with Crippen LogP contribution in [-0.4, -0.2) is 68.5 Å². The third-order valence-corrected chi connectivity index (χ3v) is 10.1. The van der Waals surface area contributed by atoms with Gasteiger partial charge in [-0.2, -0.15) is 4.31 Å². The van der Waals surface area contributed by atoms with Crippen LogP contribution in [0.25, 0.3) is 0 Å². The van der Waals surface area contributed by atoms with E-state index in [1.54, 1.807) is 0 Å². The quantitative estimate of drug-likeness (QED) is 0.417. The Morgan fingerprint density at radius 3 is 2.38 bits per heavy atom. The molecule has 212 valence electrons. The summed E-state index contributed by atoms with van der Waals surface area (Å²) in [6.07, 6.45) is 0.272. The second kappa shape index (κ2) is 11.8. The molecule has 2 aliphatic heterocycles. The zero-order chi connectivity index (χ0) is 28.4. The number of morpholine rings is 1. The van der Waals surface area contributed by atoms with E-state index in [4.69, 9.17) is 9.47 Å². The highest BCUT2D eigenvalue weighted by atomic mass is 32.2. The molecule has 2 aliphatic rings. The molecule has 2 aromatic carbocycles. The lowest BCUT2D eigenvalue weighted by Gasteiger charge is -2.34. The van der Waals surface area contributed by atoms with Crippen molar-refractivity contribution < 1.29 is 27.5 Å². The predicted molar refractivity (Wildman–Crippen MR) is 153 cm³/mol. The Kier molecular flexibility index (Phi) is 8.39. The van der Waals surface area contributed by atoms with Crippen LogP contribution in [0, 0.1) is 0 Å². The molecular weight excluding hydrogens is 550 g/mol. The number of anilines is 1. The highest BCUT2D eigenvalue weighted by Gasteiger charge is 2.33. The molecule has 9 nitrogen and oxygen atoms in total. The van der Waals surface area contributed by atoms with Crippen molar-refractivity contribution >= 4 is 38.2 Å². The lowest BCUT2D eigenvalue weighted by atomic mass is 10.0. The molecule has 0 aliphatic carbocycles. The Balaban J connectivity index is 1.33. The van der Waals surface area contributed by atoms with E-state index < -0.39 is 21.9 Å². The number of rotatable bonds is 7. The number of thiophene rings is 1. The fraction of sp³-hybridized carbons (Fsp3) is 0.379. The number of carbonyl (C=O) groups is 2. The van der Waals surface area contributed by atoms with Crippen molar-refractivity contribution in [3.63, 3.8) is 0 Å². The molecule has 11 heteroatoms. The van der Waals surface area contributed by atoms with Gasteiger partial charge in [0, 0.05) is 43.2 Å². The summed E-state index contributed by atoms with van der Waals surface area (Å²) in [6.45, 7) is 6.49. The highest BCUT2D eigenvalue weighted by Crippen LogP contribution is 2.38. The van der Waals surface area contributed by atoms with Crippen LogP contribution in [-0.2, 0) is 39.0 Å². The van der Waals surface area contributed by atoms with Crippen LogP contribution in [0.3, 0.4) is 0 Å². The summed E-state index contributed by atoms with van der Waals surface area (Å²) in [5, 5.41) is 3.32. The Labute approximate surface area is 238 Å². The summed E-state index contributed by atoms with van der Waals surface area (Å²) in [4.78, 5) is 29.4. The third-order valence-electron chi connectivity index (χ3n) is 7.14. The van der Waals surface area contributed by atoms with Gasteiger partial charge in [-0.3, -0.25) is 9.69 Å². The van der Waals surface area contributed by atoms with Crippen LogP contribution in [0.15, 0.2) is 59.5 Å². The smallest absolute Gasteiger partial charge is 0.341 e. The number of esters is 1. The van der Waals surface area contributed by atoms with Gasteiger partial charge in [0.25, 0.3) is 5.91 Å². The molecule has 1 N–H and O–H groups in total. The van der Waals surface area contributed by atoms with E-state index in [0.717, 1.165) is 23.5 Å². The first-order chi connectivity index (χ1) is 19.2. The van der Waals surface area contributed by atoms with Gasteiger partial charge < -0.3 is 14.8 Å². The molecule has 0 bridgehead atoms. The van der Waals surface area contributed by atoms with E-state index in [0.29, 0.717) is 23.5 Å². The molecule has 1 fully saturated rings. The Morgan fingerprint density at radius 2 is 1.73 bits per heavy atom. The summed E-state index contributed by atoms with van der Waals surface area (Å²) >= 11 is 1.38. The number of nitrogens with one attached hydrogen (secondary N) is 1. The second-order valence-electron chi connectivity index (χ2n) is 10.2. The zero-order valence-corrected chi connectivity index (χ0v) is 24.4. The van der Waals surface area contributed by atoms with Gasteiger partial charge in [0.1, 0.15) is 5.00 Å². The Hall–Kier alpha value is -3.09. The summed E-state index contributed by atoms with van der Waals surface area (Å²) in [6, 6.07) is 16.1. The molecular formula is C29H33N3O6S2. The maximum absolute atomic E-state index is 13.2. The fourth-order valence-electron chi connectivity index (χ4n) is 5.27. The van der Waals surface area contributed by atoms with Crippen LogP contribution in [0.4, 0.5) is 5.00 Å². The molecule has 1 saturated heterocycles. The number of fused-ring (bicyclic) bond motifs is 1. The minimum Gasteiger partial charge on any atom is -0.465 e. The van der Waals surface area contributed by atoms with Crippen LogP contribution < -0.4 is 5.32 Å². The number of sulfonamides is 1. The third kappa shape index (κ3) is 5.98. The van der Waals surface area contributed by atoms with Crippen LogP contribution in [0.2, 0.25) is 0 Å². The van der Waals surface area contributed by atoms with Crippen molar-refractivity contribution in [1.29, 1.82) is 0 Å². The van der Waals surface area contributed by atoms with Crippen molar-refractivity contribution in [2.75, 3.05) is 32.1 Å². The number of nitrogens with zero attached hydrogens (tertiary/aromatic N) is 2. The number of hydrogen-bond acceptors (Lipinski definition) is 8. The van der Waals surface area contributed by atoms with E-state index in [9.17, 15) is 18.0 Å². The molecule has 0 radical (unpaired) electrons. The fourth-order valence-corrected chi connectivity index (χ4v) is 8.13. The molecule has 40 heavy (non-hydrogen) atoms. The maximum Gasteiger partial charge on any atom is 0.341 e. The molecule has 2 unspecified atom stereocenters. The number of ether oxygens (including phenoxy) is 2. The maximum atomic E-state index is 13.2. The van der Waals surface area contributed by atoms with E-state index in [-0.39, 0.29) is 35.8 Å². The topological polar surface area (TPSA) is 105 Å². The second-order valence-corrected chi connectivity index (χ2v) is 13.2. The van der Waals surface area contributed by atoms with Gasteiger partial charge in [-0.25, -0.2) is 13.2 Å². The molecule has 0 saturated carbocycles. The van der Waals surface area contributed by atoms with Gasteiger partial charge in [-0.1, -0.05) is 30.3 Å². The first-order valence-electron chi connectivity index (χ1n) is 13.2. The van der Waals surface area contributed by atoms with Crippen molar-refractivity contribution in [2.24, 2.45) is 0 Å². The zero-order valence-electron chi connectivity index (χ0n) is 22.8. The van der Waals surface area contributed by atoms with Crippen LogP contribution in [0.1, 0.15) is 50.6 Å². The van der Waals surface area contributed by atoms with Crippen molar-refractivity contribution in [3.8, 4) is 0 Å². The Morgan fingerprint density at radius 1 is 1.05 bits per heavy atom. The lowest BCUT2D eigenvalue weighted by Crippen LogP contribution is -2.48. The van der Waals surface area contributed by atoms with E-state index in [1.165, 1.54) is 52.6 Å². The first kappa shape index (κ1) is 28.4. The molecule has 0 spiro atoms. The van der Waals surface area contributed by atoms with E-state index in [2.05, 4.69) is 22.3 Å². The van der Waals surface area contributed by atoms with Gasteiger partial charge in [-0.05, 0) is 55.7 Å². The summed E-state index contributed by atoms with van der Waals surface area (Å²) in [7, 11) is -2.39. The highest BCUT2D eigenvalue weighted by molar-refractivity contribution is 7.89. The number of carbonyl (C=O) groups excluding carboxylic acids is 2.